The Kier molecular flexibility index (Phi) is 5.26. The number of nitrogens with one attached hydrogen (secondary N) is 2. The van der Waals surface area contributed by atoms with Crippen LogP contribution in [0.15, 0.2) is 27.1 Å². The van der Waals surface area contributed by atoms with Gasteiger partial charge in [-0.05, 0) is 58.9 Å². The fourth-order valence-corrected chi connectivity index (χ4v) is 3.37. The molecule has 1 heterocycles. The van der Waals surface area contributed by atoms with E-state index in [9.17, 15) is 4.79 Å². The van der Waals surface area contributed by atoms with Crippen molar-refractivity contribution in [2.75, 3.05) is 13.1 Å². The maximum Gasteiger partial charge on any atom is 0.252 e. The fraction of sp³-hybridized carbons (Fsp3) is 0.533. The smallest absolute Gasteiger partial charge is 0.252 e. The Balaban J connectivity index is 2.00. The Bertz CT molecular complexity index is 503. The summed E-state index contributed by atoms with van der Waals surface area (Å²) in [7, 11) is 0. The van der Waals surface area contributed by atoms with Crippen LogP contribution in [0.25, 0.3) is 0 Å². The number of hydrogen-bond acceptors (Lipinski definition) is 2. The predicted octanol–water partition coefficient (Wildman–Crippen LogP) is 3.72. The van der Waals surface area contributed by atoms with Gasteiger partial charge < -0.3 is 10.6 Å². The van der Waals surface area contributed by atoms with E-state index in [0.717, 1.165) is 15.5 Å². The van der Waals surface area contributed by atoms with E-state index in [2.05, 4.69) is 56.3 Å². The Labute approximate surface area is 137 Å². The molecule has 1 atom stereocenters. The normalized spacial score (nSPS) is 21.5. The van der Waals surface area contributed by atoms with E-state index in [4.69, 9.17) is 0 Å². The first-order chi connectivity index (χ1) is 9.40. The Hall–Kier alpha value is -0.390. The highest BCUT2D eigenvalue weighted by Gasteiger charge is 2.32. The van der Waals surface area contributed by atoms with Crippen LogP contribution in [0, 0.1) is 5.41 Å². The average Bonchev–Trinajstić information content (AvgIpc) is 2.39. The molecule has 1 saturated heterocycles. The molecule has 1 aliphatic heterocycles. The monoisotopic (exact) mass is 402 g/mol. The van der Waals surface area contributed by atoms with Crippen molar-refractivity contribution in [1.29, 1.82) is 0 Å². The topological polar surface area (TPSA) is 41.1 Å². The number of amides is 1. The molecule has 0 saturated carbocycles. The second kappa shape index (κ2) is 6.58. The van der Waals surface area contributed by atoms with E-state index in [1.807, 2.05) is 18.2 Å². The van der Waals surface area contributed by atoms with Gasteiger partial charge in [0.2, 0.25) is 0 Å². The Morgan fingerprint density at radius 1 is 1.45 bits per heavy atom. The molecule has 1 amide bonds. The molecule has 1 fully saturated rings. The fourth-order valence-electron chi connectivity index (χ4n) is 2.58. The molecular weight excluding hydrogens is 384 g/mol. The van der Waals surface area contributed by atoms with Crippen molar-refractivity contribution in [3.8, 4) is 0 Å². The van der Waals surface area contributed by atoms with Crippen LogP contribution in [-0.2, 0) is 0 Å². The molecule has 0 aromatic heterocycles. The third-order valence-electron chi connectivity index (χ3n) is 3.97. The molecule has 0 aliphatic carbocycles. The van der Waals surface area contributed by atoms with E-state index in [0.29, 0.717) is 18.2 Å². The van der Waals surface area contributed by atoms with E-state index < -0.39 is 0 Å². The number of carbonyl (C=O) groups is 1. The van der Waals surface area contributed by atoms with Crippen LogP contribution in [0.4, 0.5) is 0 Å². The number of piperidine rings is 1. The van der Waals surface area contributed by atoms with Gasteiger partial charge in [0.15, 0.2) is 0 Å². The van der Waals surface area contributed by atoms with E-state index in [1.54, 1.807) is 0 Å². The van der Waals surface area contributed by atoms with E-state index in [-0.39, 0.29) is 11.3 Å². The summed E-state index contributed by atoms with van der Waals surface area (Å²) in [6.07, 6.45) is 2.40. The third kappa shape index (κ3) is 3.83. The summed E-state index contributed by atoms with van der Waals surface area (Å²) in [6, 6.07) is 5.94. The molecule has 1 aromatic carbocycles. The molecule has 0 spiro atoms. The van der Waals surface area contributed by atoms with Crippen molar-refractivity contribution in [3.05, 3.63) is 32.7 Å². The average molecular weight is 404 g/mol. The van der Waals surface area contributed by atoms with Gasteiger partial charge >= 0.3 is 0 Å². The first-order valence-electron chi connectivity index (χ1n) is 6.87. The van der Waals surface area contributed by atoms with Crippen LogP contribution in [0.1, 0.15) is 37.0 Å². The number of rotatable bonds is 3. The first kappa shape index (κ1) is 16.0. The van der Waals surface area contributed by atoms with Crippen molar-refractivity contribution in [2.24, 2.45) is 5.41 Å². The number of hydrogen-bond donors (Lipinski definition) is 2. The van der Waals surface area contributed by atoms with Gasteiger partial charge in [-0.3, -0.25) is 4.79 Å². The van der Waals surface area contributed by atoms with E-state index in [1.165, 1.54) is 12.8 Å². The summed E-state index contributed by atoms with van der Waals surface area (Å²) in [4.78, 5) is 12.3. The highest BCUT2D eigenvalue weighted by Crippen LogP contribution is 2.29. The van der Waals surface area contributed by atoms with Gasteiger partial charge in [0, 0.05) is 21.5 Å². The number of benzene rings is 1. The van der Waals surface area contributed by atoms with Crippen molar-refractivity contribution >= 4 is 37.8 Å². The maximum absolute atomic E-state index is 12.3. The quantitative estimate of drug-likeness (QED) is 0.807. The third-order valence-corrected chi connectivity index (χ3v) is 5.16. The summed E-state index contributed by atoms with van der Waals surface area (Å²) >= 11 is 6.82. The van der Waals surface area contributed by atoms with Crippen LogP contribution in [0.5, 0.6) is 0 Å². The van der Waals surface area contributed by atoms with Gasteiger partial charge in [-0.25, -0.2) is 0 Å². The minimum atomic E-state index is -0.0404. The molecule has 3 nitrogen and oxygen atoms in total. The van der Waals surface area contributed by atoms with Crippen LogP contribution in [0.2, 0.25) is 0 Å². The summed E-state index contributed by atoms with van der Waals surface area (Å²) in [5.41, 5.74) is 0.882. The van der Waals surface area contributed by atoms with Crippen molar-refractivity contribution in [2.45, 2.75) is 32.7 Å². The Morgan fingerprint density at radius 3 is 2.90 bits per heavy atom. The molecule has 0 radical (unpaired) electrons. The van der Waals surface area contributed by atoms with Gasteiger partial charge in [0.1, 0.15) is 0 Å². The van der Waals surface area contributed by atoms with Gasteiger partial charge in [-0.2, -0.15) is 0 Å². The minimum Gasteiger partial charge on any atom is -0.350 e. The minimum absolute atomic E-state index is 0.0404. The van der Waals surface area contributed by atoms with Crippen LogP contribution < -0.4 is 10.6 Å². The Morgan fingerprint density at radius 2 is 2.20 bits per heavy atom. The zero-order valence-corrected chi connectivity index (χ0v) is 15.0. The predicted molar refractivity (Wildman–Crippen MR) is 89.0 cm³/mol. The summed E-state index contributed by atoms with van der Waals surface area (Å²) < 4.78 is 1.72. The van der Waals surface area contributed by atoms with Crippen LogP contribution in [-0.4, -0.2) is 25.0 Å². The van der Waals surface area contributed by atoms with Gasteiger partial charge in [0.25, 0.3) is 5.91 Å². The molecule has 5 heteroatoms. The molecular formula is C15H20Br2N2O. The molecule has 2 N–H and O–H groups in total. The largest absolute Gasteiger partial charge is 0.350 e. The van der Waals surface area contributed by atoms with Crippen molar-refractivity contribution in [3.63, 3.8) is 0 Å². The SMILES string of the molecule is CC1(C)CCCNC1CNC(=O)c1cc(Br)ccc1Br. The van der Waals surface area contributed by atoms with Gasteiger partial charge in [-0.15, -0.1) is 0 Å². The standard InChI is InChI=1S/C15H20Br2N2O/c1-15(2)6-3-7-18-13(15)9-19-14(20)11-8-10(16)4-5-12(11)17/h4-5,8,13,18H,3,6-7,9H2,1-2H3,(H,19,20). The highest BCUT2D eigenvalue weighted by molar-refractivity contribution is 9.11. The van der Waals surface area contributed by atoms with Gasteiger partial charge in [0.05, 0.1) is 5.56 Å². The molecule has 1 aromatic rings. The summed E-state index contributed by atoms with van der Waals surface area (Å²) in [5, 5.41) is 6.55. The lowest BCUT2D eigenvalue weighted by molar-refractivity contribution is 0.0928. The van der Waals surface area contributed by atoms with Crippen LogP contribution >= 0.6 is 31.9 Å². The summed E-state index contributed by atoms with van der Waals surface area (Å²) in [6.45, 7) is 6.20. The summed E-state index contributed by atoms with van der Waals surface area (Å²) in [5.74, 6) is -0.0404. The van der Waals surface area contributed by atoms with Gasteiger partial charge in [-0.1, -0.05) is 29.8 Å². The van der Waals surface area contributed by atoms with Crippen molar-refractivity contribution in [1.82, 2.24) is 10.6 Å². The first-order valence-corrected chi connectivity index (χ1v) is 8.45. The van der Waals surface area contributed by atoms with E-state index >= 15 is 0 Å². The highest BCUT2D eigenvalue weighted by atomic mass is 79.9. The number of halogens is 2. The second-order valence-electron chi connectivity index (χ2n) is 5.93. The maximum atomic E-state index is 12.3. The molecule has 2 rings (SSSR count). The molecule has 0 bridgehead atoms. The molecule has 1 aliphatic rings. The molecule has 20 heavy (non-hydrogen) atoms. The second-order valence-corrected chi connectivity index (χ2v) is 7.70. The lowest BCUT2D eigenvalue weighted by atomic mass is 9.77. The molecule has 110 valence electrons. The lowest BCUT2D eigenvalue weighted by Gasteiger charge is -2.39. The number of carbonyl (C=O) groups excluding carboxylic acids is 1. The lowest BCUT2D eigenvalue weighted by Crippen LogP contribution is -2.52. The van der Waals surface area contributed by atoms with Crippen LogP contribution in [0.3, 0.4) is 0 Å². The van der Waals surface area contributed by atoms with Crippen molar-refractivity contribution < 1.29 is 4.79 Å². The zero-order valence-electron chi connectivity index (χ0n) is 11.8. The molecule has 1 unspecified atom stereocenters. The zero-order chi connectivity index (χ0) is 14.8.